The summed E-state index contributed by atoms with van der Waals surface area (Å²) in [6.07, 6.45) is 31.6. The van der Waals surface area contributed by atoms with Gasteiger partial charge in [-0.1, -0.05) is 160 Å². The molecule has 0 amide bonds. The summed E-state index contributed by atoms with van der Waals surface area (Å²) in [6.45, 7) is 3.37. The summed E-state index contributed by atoms with van der Waals surface area (Å²) >= 11 is 0. The first-order chi connectivity index (χ1) is 28.0. The molecule has 1 unspecified atom stereocenters. The van der Waals surface area contributed by atoms with Crippen LogP contribution in [0.1, 0.15) is 187 Å². The summed E-state index contributed by atoms with van der Waals surface area (Å²) in [6, 6.07) is 0. The van der Waals surface area contributed by atoms with Crippen LogP contribution in [0.5, 0.6) is 0 Å². The number of phosphoric acid groups is 1. The smallest absolute Gasteiger partial charge is 0.462 e. The molecule has 13 heteroatoms. The molecule has 1 fully saturated rings. The van der Waals surface area contributed by atoms with Crippen LogP contribution < -0.4 is 5.73 Å². The zero-order chi connectivity index (χ0) is 42.7. The van der Waals surface area contributed by atoms with Crippen molar-refractivity contribution in [2.24, 2.45) is 17.6 Å². The molecule has 6 N–H and O–H groups in total. The van der Waals surface area contributed by atoms with Crippen LogP contribution in [-0.2, 0) is 32.7 Å². The number of hydrogen-bond acceptors (Lipinski definition) is 11. The molecule has 12 nitrogen and oxygen atoms in total. The fraction of sp³-hybridized carbons (Fsp3) is 0.867. The molecule has 0 saturated heterocycles. The Hall–Kier alpha value is -1.63. The van der Waals surface area contributed by atoms with E-state index in [9.17, 15) is 34.4 Å². The SMILES string of the molecule is CCCCCCCCCCCCCCCCCCCC(=O)OC[C@H](COP(=O)(O)OCCN)OC(=O)CCC/C=C/C[C@@H]1[C@@H](/C=C/[C@@H](O)CCCCC)[C@H](O)C[C@@H]1O. The van der Waals surface area contributed by atoms with Gasteiger partial charge in [0.15, 0.2) is 6.10 Å². The Kier molecular flexibility index (Phi) is 33.8. The van der Waals surface area contributed by atoms with Crippen LogP contribution in [0.25, 0.3) is 0 Å². The number of unbranched alkanes of at least 4 members (excludes halogenated alkanes) is 19. The van der Waals surface area contributed by atoms with Crippen LogP contribution in [0.4, 0.5) is 0 Å². The van der Waals surface area contributed by atoms with E-state index >= 15 is 0 Å². The van der Waals surface area contributed by atoms with E-state index in [1.165, 1.54) is 83.5 Å². The molecule has 0 radical (unpaired) electrons. The standard InChI is InChI=1S/C45H84NO11P/c1-3-5-7-8-9-10-11-12-13-14-15-16-17-18-19-20-25-29-44(50)54-36-39(37-56-58(52,53)55-34-33-46)57-45(51)30-26-22-21-24-28-40-41(43(49)35-42(40)48)32-31-38(47)27-23-6-4-2/h21,24,31-32,38-43,47-49H,3-20,22-23,25-30,33-37,46H2,1-2H3,(H,52,53)/b24-21+,32-31+/t38-,39+,40+,41+,42-,43+/m0/s1. The molecule has 340 valence electrons. The van der Waals surface area contributed by atoms with Gasteiger partial charge in [-0.25, -0.2) is 4.57 Å². The Morgan fingerprint density at radius 2 is 1.28 bits per heavy atom. The van der Waals surface area contributed by atoms with Gasteiger partial charge in [0, 0.05) is 31.7 Å². The van der Waals surface area contributed by atoms with E-state index < -0.39 is 50.8 Å². The number of aliphatic hydroxyl groups is 3. The molecule has 0 heterocycles. The molecule has 58 heavy (non-hydrogen) atoms. The van der Waals surface area contributed by atoms with Crippen molar-refractivity contribution in [1.29, 1.82) is 0 Å². The lowest BCUT2D eigenvalue weighted by Crippen LogP contribution is -2.29. The van der Waals surface area contributed by atoms with Crippen LogP contribution in [0.3, 0.4) is 0 Å². The van der Waals surface area contributed by atoms with Crippen LogP contribution in [0, 0.1) is 11.8 Å². The summed E-state index contributed by atoms with van der Waals surface area (Å²) in [5.74, 6) is -1.43. The number of carbonyl (C=O) groups is 2. The van der Waals surface area contributed by atoms with E-state index in [4.69, 9.17) is 24.3 Å². The van der Waals surface area contributed by atoms with Gasteiger partial charge in [-0.3, -0.25) is 18.6 Å². The molecule has 1 rings (SSSR count). The van der Waals surface area contributed by atoms with E-state index in [1.54, 1.807) is 6.08 Å². The third-order valence-electron chi connectivity index (χ3n) is 10.9. The number of nitrogens with two attached hydrogens (primary N) is 1. The average molecular weight is 846 g/mol. The van der Waals surface area contributed by atoms with Gasteiger partial charge in [0.05, 0.1) is 31.5 Å². The van der Waals surface area contributed by atoms with Crippen molar-refractivity contribution in [3.05, 3.63) is 24.3 Å². The first-order valence-corrected chi connectivity index (χ1v) is 24.6. The number of aliphatic hydroxyl groups excluding tert-OH is 3. The Morgan fingerprint density at radius 3 is 1.86 bits per heavy atom. The Bertz CT molecular complexity index is 1120. The normalized spacial score (nSPS) is 20.5. The second-order valence-electron chi connectivity index (χ2n) is 16.2. The van der Waals surface area contributed by atoms with Crippen molar-refractivity contribution < 1.29 is 52.9 Å². The fourth-order valence-corrected chi connectivity index (χ4v) is 8.16. The van der Waals surface area contributed by atoms with Crippen LogP contribution in [0.2, 0.25) is 0 Å². The average Bonchev–Trinajstić information content (AvgIpc) is 3.47. The first-order valence-electron chi connectivity index (χ1n) is 23.1. The minimum Gasteiger partial charge on any atom is -0.462 e. The lowest BCUT2D eigenvalue weighted by molar-refractivity contribution is -0.161. The maximum absolute atomic E-state index is 12.7. The zero-order valence-electron chi connectivity index (χ0n) is 36.4. The number of carbonyl (C=O) groups excluding carboxylic acids is 2. The Labute approximate surface area is 351 Å². The van der Waals surface area contributed by atoms with Crippen molar-refractivity contribution >= 4 is 19.8 Å². The first kappa shape index (κ1) is 54.4. The highest BCUT2D eigenvalue weighted by Crippen LogP contribution is 2.43. The Morgan fingerprint density at radius 1 is 0.724 bits per heavy atom. The molecule has 1 saturated carbocycles. The molecule has 0 aromatic rings. The number of esters is 2. The minimum atomic E-state index is -4.44. The van der Waals surface area contributed by atoms with Crippen molar-refractivity contribution in [1.82, 2.24) is 0 Å². The predicted molar refractivity (Wildman–Crippen MR) is 231 cm³/mol. The monoisotopic (exact) mass is 846 g/mol. The van der Waals surface area contributed by atoms with E-state index in [2.05, 4.69) is 13.8 Å². The van der Waals surface area contributed by atoms with E-state index in [1.807, 2.05) is 18.2 Å². The van der Waals surface area contributed by atoms with Crippen LogP contribution in [0.15, 0.2) is 24.3 Å². The van der Waals surface area contributed by atoms with Crippen LogP contribution >= 0.6 is 7.82 Å². The van der Waals surface area contributed by atoms with Gasteiger partial charge in [-0.2, -0.15) is 0 Å². The zero-order valence-corrected chi connectivity index (χ0v) is 37.3. The Balaban J connectivity index is 2.37. The predicted octanol–water partition coefficient (Wildman–Crippen LogP) is 9.55. The van der Waals surface area contributed by atoms with Gasteiger partial charge in [0.2, 0.25) is 0 Å². The molecule has 0 aromatic carbocycles. The molecule has 0 aliphatic heterocycles. The van der Waals surface area contributed by atoms with Gasteiger partial charge in [-0.05, 0) is 38.0 Å². The quantitative estimate of drug-likeness (QED) is 0.0170. The molecule has 7 atom stereocenters. The van der Waals surface area contributed by atoms with Crippen molar-refractivity contribution in [3.8, 4) is 0 Å². The molecule has 1 aliphatic rings. The number of ether oxygens (including phenoxy) is 2. The third kappa shape index (κ3) is 29.6. The van der Waals surface area contributed by atoms with Gasteiger partial charge in [-0.15, -0.1) is 0 Å². The van der Waals surface area contributed by atoms with E-state index in [0.29, 0.717) is 32.1 Å². The minimum absolute atomic E-state index is 0.0158. The lowest BCUT2D eigenvalue weighted by atomic mass is 9.89. The second kappa shape index (κ2) is 36.1. The number of rotatable bonds is 39. The molecular weight excluding hydrogens is 761 g/mol. The van der Waals surface area contributed by atoms with Crippen LogP contribution in [-0.4, -0.2) is 82.9 Å². The molecular formula is C45H84NO11P. The summed E-state index contributed by atoms with van der Waals surface area (Å²) in [4.78, 5) is 35.1. The third-order valence-corrected chi connectivity index (χ3v) is 11.9. The number of phosphoric ester groups is 1. The molecule has 0 bridgehead atoms. The number of hydrogen-bond donors (Lipinski definition) is 5. The fourth-order valence-electron chi connectivity index (χ4n) is 7.39. The van der Waals surface area contributed by atoms with Gasteiger partial charge in [0.1, 0.15) is 6.61 Å². The molecule has 0 spiro atoms. The van der Waals surface area contributed by atoms with Crippen molar-refractivity contribution in [2.75, 3.05) is 26.4 Å². The molecule has 0 aromatic heterocycles. The summed E-state index contributed by atoms with van der Waals surface area (Å²) in [5, 5.41) is 31.3. The summed E-state index contributed by atoms with van der Waals surface area (Å²) in [7, 11) is -4.44. The lowest BCUT2D eigenvalue weighted by Gasteiger charge is -2.20. The summed E-state index contributed by atoms with van der Waals surface area (Å²) in [5.41, 5.74) is 5.35. The van der Waals surface area contributed by atoms with Crippen molar-refractivity contribution in [3.63, 3.8) is 0 Å². The second-order valence-corrected chi connectivity index (χ2v) is 17.7. The largest absolute Gasteiger partial charge is 0.472 e. The van der Waals surface area contributed by atoms with E-state index in [0.717, 1.165) is 38.5 Å². The number of allylic oxidation sites excluding steroid dienone is 2. The van der Waals surface area contributed by atoms with Gasteiger partial charge < -0.3 is 35.4 Å². The highest BCUT2D eigenvalue weighted by Gasteiger charge is 2.39. The maximum atomic E-state index is 12.7. The van der Waals surface area contributed by atoms with Crippen molar-refractivity contribution in [2.45, 2.75) is 212 Å². The highest BCUT2D eigenvalue weighted by atomic mass is 31.2. The topological polar surface area (TPSA) is 195 Å². The maximum Gasteiger partial charge on any atom is 0.472 e. The highest BCUT2D eigenvalue weighted by molar-refractivity contribution is 7.47. The molecule has 1 aliphatic carbocycles. The van der Waals surface area contributed by atoms with Gasteiger partial charge >= 0.3 is 19.8 Å². The van der Waals surface area contributed by atoms with E-state index in [-0.39, 0.29) is 50.9 Å². The van der Waals surface area contributed by atoms with Gasteiger partial charge in [0.25, 0.3) is 0 Å². The summed E-state index contributed by atoms with van der Waals surface area (Å²) < 4.78 is 32.8.